The molecule has 1 radical (unpaired) electrons. The molecule has 0 saturated carbocycles. The van der Waals surface area contributed by atoms with Crippen molar-refractivity contribution in [1.82, 2.24) is 9.55 Å². The number of hydrogen-bond donors (Lipinski definition) is 2. The van der Waals surface area contributed by atoms with Crippen LogP contribution in [0.15, 0.2) is 52.1 Å². The predicted molar refractivity (Wildman–Crippen MR) is 107 cm³/mol. The van der Waals surface area contributed by atoms with Crippen LogP contribution in [0.5, 0.6) is 0 Å². The number of rotatable bonds is 3. The van der Waals surface area contributed by atoms with Crippen LogP contribution >= 0.6 is 22.9 Å². The maximum atomic E-state index is 14.1. The number of H-pyrrole nitrogens is 1. The van der Waals surface area contributed by atoms with Crippen molar-refractivity contribution < 1.29 is 4.39 Å². The predicted octanol–water partition coefficient (Wildman–Crippen LogP) is 4.04. The number of fused-ring (bicyclic) bond motifs is 1. The van der Waals surface area contributed by atoms with E-state index in [-0.39, 0.29) is 16.6 Å². The van der Waals surface area contributed by atoms with Crippen molar-refractivity contribution in [2.45, 2.75) is 0 Å². The first-order valence-electron chi connectivity index (χ1n) is 7.92. The molecule has 2 N–H and O–H groups in total. The van der Waals surface area contributed by atoms with Gasteiger partial charge in [-0.25, -0.2) is 13.8 Å². The Morgan fingerprint density at radius 2 is 1.93 bits per heavy atom. The molecular formula is C19H12ClFN3O2S. The van der Waals surface area contributed by atoms with Gasteiger partial charge in [0.25, 0.3) is 5.56 Å². The molecule has 0 aliphatic rings. The summed E-state index contributed by atoms with van der Waals surface area (Å²) in [6.07, 6.45) is 0. The number of anilines is 1. The summed E-state index contributed by atoms with van der Waals surface area (Å²) >= 11 is 7.23. The lowest BCUT2D eigenvalue weighted by molar-refractivity contribution is 0.632. The van der Waals surface area contributed by atoms with Gasteiger partial charge in [0.1, 0.15) is 5.82 Å². The van der Waals surface area contributed by atoms with Gasteiger partial charge in [0.2, 0.25) is 0 Å². The number of nitrogens with one attached hydrogen (secondary N) is 2. The second-order valence-corrected chi connectivity index (χ2v) is 7.29. The summed E-state index contributed by atoms with van der Waals surface area (Å²) in [5, 5.41) is 5.84. The molecule has 0 unspecified atom stereocenters. The van der Waals surface area contributed by atoms with E-state index in [9.17, 15) is 14.0 Å². The highest BCUT2D eigenvalue weighted by molar-refractivity contribution is 7.14. The third-order valence-corrected chi connectivity index (χ3v) is 5.18. The molecule has 4 rings (SSSR count). The van der Waals surface area contributed by atoms with Crippen molar-refractivity contribution >= 4 is 39.5 Å². The first-order valence-corrected chi connectivity index (χ1v) is 9.11. The van der Waals surface area contributed by atoms with E-state index in [1.54, 1.807) is 37.4 Å². The number of thiophene rings is 1. The normalized spacial score (nSPS) is 11.1. The molecule has 0 saturated heterocycles. The zero-order valence-electron chi connectivity index (χ0n) is 14.0. The highest BCUT2D eigenvalue weighted by atomic mass is 35.5. The maximum absolute atomic E-state index is 14.1. The molecular weight excluding hydrogens is 389 g/mol. The molecule has 4 aromatic rings. The Morgan fingerprint density at radius 3 is 2.56 bits per heavy atom. The molecule has 0 bridgehead atoms. The van der Waals surface area contributed by atoms with Crippen molar-refractivity contribution in [2.75, 3.05) is 12.4 Å². The minimum absolute atomic E-state index is 0.0909. The Balaban J connectivity index is 1.86. The molecule has 2 aromatic heterocycles. The first-order chi connectivity index (χ1) is 13.0. The second kappa shape index (κ2) is 6.68. The van der Waals surface area contributed by atoms with E-state index in [1.807, 2.05) is 0 Å². The van der Waals surface area contributed by atoms with Crippen LogP contribution in [-0.2, 0) is 0 Å². The summed E-state index contributed by atoms with van der Waals surface area (Å²) in [5.41, 5.74) is 1.35. The number of nitrogens with zero attached hydrogens (tertiary/aromatic N) is 1. The Bertz CT molecular complexity index is 1280. The number of hydrogen-bond acceptors (Lipinski definition) is 4. The summed E-state index contributed by atoms with van der Waals surface area (Å²) < 4.78 is 15.7. The van der Waals surface area contributed by atoms with Gasteiger partial charge in [-0.05, 0) is 35.9 Å². The number of halogens is 2. The maximum Gasteiger partial charge on any atom is 0.333 e. The van der Waals surface area contributed by atoms with Crippen LogP contribution in [0.1, 0.15) is 0 Å². The van der Waals surface area contributed by atoms with Crippen LogP contribution in [0, 0.1) is 11.2 Å². The molecule has 27 heavy (non-hydrogen) atoms. The summed E-state index contributed by atoms with van der Waals surface area (Å²) in [5.74, 6) is -0.569. The SMILES string of the molecule is CNc1cc2[nH]c(=O)n(-c3ccc(-c4[c]sc(Cl)c4)cc3)c(=O)c2cc1F. The van der Waals surface area contributed by atoms with E-state index < -0.39 is 17.1 Å². The summed E-state index contributed by atoms with van der Waals surface area (Å²) in [7, 11) is 1.56. The van der Waals surface area contributed by atoms with E-state index in [4.69, 9.17) is 11.6 Å². The van der Waals surface area contributed by atoms with Gasteiger partial charge in [-0.15, -0.1) is 11.3 Å². The van der Waals surface area contributed by atoms with Crippen molar-refractivity contribution in [2.24, 2.45) is 0 Å². The monoisotopic (exact) mass is 400 g/mol. The van der Waals surface area contributed by atoms with E-state index in [0.29, 0.717) is 10.0 Å². The van der Waals surface area contributed by atoms with Crippen LogP contribution in [0.2, 0.25) is 4.34 Å². The molecule has 0 aliphatic carbocycles. The second-order valence-electron chi connectivity index (χ2n) is 5.81. The van der Waals surface area contributed by atoms with E-state index in [2.05, 4.69) is 15.7 Å². The van der Waals surface area contributed by atoms with Crippen molar-refractivity contribution in [3.8, 4) is 16.8 Å². The third-order valence-electron chi connectivity index (χ3n) is 4.21. The van der Waals surface area contributed by atoms with Crippen LogP contribution < -0.4 is 16.6 Å². The highest BCUT2D eigenvalue weighted by Gasteiger charge is 2.13. The number of aromatic nitrogens is 2. The van der Waals surface area contributed by atoms with E-state index in [1.165, 1.54) is 17.4 Å². The summed E-state index contributed by atoms with van der Waals surface area (Å²) in [6.45, 7) is 0. The van der Waals surface area contributed by atoms with Crippen molar-refractivity contribution in [3.05, 3.63) is 78.8 Å². The molecule has 135 valence electrons. The van der Waals surface area contributed by atoms with Gasteiger partial charge in [-0.2, -0.15) is 0 Å². The standard InChI is InChI=1S/C19H12ClFN3O2S/c1-22-16-8-15-13(7-14(16)21)18(25)24(19(26)23-15)12-4-2-10(3-5-12)11-6-17(20)27-9-11/h2-8,22H,1H3,(H,23,26). The molecule has 5 nitrogen and oxygen atoms in total. The number of benzene rings is 2. The van der Waals surface area contributed by atoms with Gasteiger partial charge < -0.3 is 10.3 Å². The van der Waals surface area contributed by atoms with Gasteiger partial charge in [-0.1, -0.05) is 23.7 Å². The quantitative estimate of drug-likeness (QED) is 0.545. The van der Waals surface area contributed by atoms with E-state index >= 15 is 0 Å². The highest BCUT2D eigenvalue weighted by Crippen LogP contribution is 2.28. The Morgan fingerprint density at radius 1 is 1.19 bits per heavy atom. The molecule has 0 aliphatic heterocycles. The Hall–Kier alpha value is -2.90. The van der Waals surface area contributed by atoms with Gasteiger partial charge in [0, 0.05) is 12.6 Å². The molecule has 2 aromatic carbocycles. The first kappa shape index (κ1) is 17.5. The van der Waals surface area contributed by atoms with Crippen molar-refractivity contribution in [3.63, 3.8) is 0 Å². The summed E-state index contributed by atoms with van der Waals surface area (Å²) in [4.78, 5) is 27.9. The summed E-state index contributed by atoms with van der Waals surface area (Å²) in [6, 6.07) is 11.1. The molecule has 0 atom stereocenters. The van der Waals surface area contributed by atoms with E-state index in [0.717, 1.165) is 21.8 Å². The Labute approximate surface area is 161 Å². The van der Waals surface area contributed by atoms with Crippen LogP contribution in [0.3, 0.4) is 0 Å². The zero-order chi connectivity index (χ0) is 19.1. The van der Waals surface area contributed by atoms with Crippen LogP contribution in [0.25, 0.3) is 27.7 Å². The molecule has 0 fully saturated rings. The Kier molecular flexibility index (Phi) is 4.33. The van der Waals surface area contributed by atoms with Gasteiger partial charge >= 0.3 is 5.69 Å². The smallest absolute Gasteiger partial charge is 0.333 e. The lowest BCUT2D eigenvalue weighted by atomic mass is 10.1. The third kappa shape index (κ3) is 3.05. The fourth-order valence-electron chi connectivity index (χ4n) is 2.87. The number of aromatic amines is 1. The molecule has 0 amide bonds. The average Bonchev–Trinajstić information content (AvgIpc) is 3.09. The molecule has 0 spiro atoms. The van der Waals surface area contributed by atoms with Crippen LogP contribution in [0.4, 0.5) is 10.1 Å². The molecule has 8 heteroatoms. The lowest BCUT2D eigenvalue weighted by Gasteiger charge is -2.09. The minimum Gasteiger partial charge on any atom is -0.386 e. The zero-order valence-corrected chi connectivity index (χ0v) is 15.5. The fourth-order valence-corrected chi connectivity index (χ4v) is 3.66. The minimum atomic E-state index is -0.598. The average molecular weight is 401 g/mol. The lowest BCUT2D eigenvalue weighted by Crippen LogP contribution is -2.33. The van der Waals surface area contributed by atoms with Gasteiger partial charge in [0.15, 0.2) is 0 Å². The van der Waals surface area contributed by atoms with Gasteiger partial charge in [-0.3, -0.25) is 4.79 Å². The van der Waals surface area contributed by atoms with Crippen molar-refractivity contribution in [1.29, 1.82) is 0 Å². The van der Waals surface area contributed by atoms with Crippen LogP contribution in [-0.4, -0.2) is 16.6 Å². The molecule has 2 heterocycles. The topological polar surface area (TPSA) is 66.9 Å². The fraction of sp³-hybridized carbons (Fsp3) is 0.0526. The van der Waals surface area contributed by atoms with Gasteiger partial charge in [0.05, 0.1) is 32.0 Å². The largest absolute Gasteiger partial charge is 0.386 e.